The van der Waals surface area contributed by atoms with E-state index in [4.69, 9.17) is 29.4 Å². The van der Waals surface area contributed by atoms with E-state index in [1.165, 1.54) is 0 Å². The number of ether oxygens (including phenoxy) is 2. The molecule has 0 amide bonds. The van der Waals surface area contributed by atoms with Gasteiger partial charge in [-0.05, 0) is 198 Å². The lowest BCUT2D eigenvalue weighted by Crippen LogP contribution is -2.21. The Labute approximate surface area is 655 Å². The Morgan fingerprint density at radius 2 is 0.434 bits per heavy atom. The Balaban J connectivity index is 0.623. The summed E-state index contributed by atoms with van der Waals surface area (Å²) in [6, 6.07) is 94.8. The maximum Gasteiger partial charge on any atom is 0.338 e. The van der Waals surface area contributed by atoms with Gasteiger partial charge in [0.05, 0.1) is 56.7 Å². The van der Waals surface area contributed by atoms with Crippen LogP contribution in [0.2, 0.25) is 0 Å². The number of carbonyl (C=O) groups excluding carboxylic acids is 2. The van der Waals surface area contributed by atoms with Crippen LogP contribution in [0.4, 0.5) is 0 Å². The Bertz CT molecular complexity index is 5970. The second-order valence-corrected chi connectivity index (χ2v) is 28.9. The Kier molecular flexibility index (Phi) is 19.7. The van der Waals surface area contributed by atoms with Gasteiger partial charge in [0.1, 0.15) is 12.2 Å². The van der Waals surface area contributed by atoms with Crippen LogP contribution in [0.3, 0.4) is 0 Å². The third-order valence-corrected chi connectivity index (χ3v) is 21.5. The molecule has 10 heterocycles. The van der Waals surface area contributed by atoms with Gasteiger partial charge in [-0.25, -0.2) is 29.5 Å². The predicted octanol–water partition coefficient (Wildman–Crippen LogP) is 25.5. The number of hydrogen-bond acceptors (Lipinski definition) is 8. The minimum Gasteiger partial charge on any atom is -0.459 e. The zero-order valence-corrected chi connectivity index (χ0v) is 62.7. The van der Waals surface area contributed by atoms with Gasteiger partial charge in [-0.15, -0.1) is 0 Å². The molecule has 12 nitrogen and oxygen atoms in total. The van der Waals surface area contributed by atoms with E-state index in [1.54, 1.807) is 0 Å². The molecule has 2 atom stereocenters. The number of carbonyl (C=O) groups is 2. The van der Waals surface area contributed by atoms with Crippen LogP contribution in [0.15, 0.2) is 279 Å². The zero-order valence-electron chi connectivity index (χ0n) is 62.7. The summed E-state index contributed by atoms with van der Waals surface area (Å²) in [7, 11) is 0. The SMILES string of the molecule is CCC[C@H](CCC[C@@H](CCC)OC(=O)c1ccc(-c2c3nc(c(-c4ccccc4)c4ccc([nH]4)c(-c4ccccc4)c4nc(c(-c5ccccc5)c5ccc2[nH]5)C=C4)C=C3)cc1)OC(=O)c1ccc(-c2c3nc(c(-c4ccccc4)c4ccc([nH]4)c(-c4ccccc4)c4nc(c(-c5ccccc5)c5ccc2[nH]5)C=C4)C=C3)cc1. The lowest BCUT2D eigenvalue weighted by molar-refractivity contribution is 0.0190. The number of rotatable bonds is 20. The van der Waals surface area contributed by atoms with Crippen LogP contribution in [0.5, 0.6) is 0 Å². The van der Waals surface area contributed by atoms with Crippen molar-refractivity contribution in [3.05, 3.63) is 336 Å². The zero-order chi connectivity index (χ0) is 76.1. The highest BCUT2D eigenvalue weighted by Gasteiger charge is 2.25. The second kappa shape index (κ2) is 31.5. The van der Waals surface area contributed by atoms with Crippen molar-refractivity contribution in [3.8, 4) is 89.0 Å². The molecule has 14 aromatic rings. The Morgan fingerprint density at radius 1 is 0.248 bits per heavy atom. The van der Waals surface area contributed by atoms with Crippen LogP contribution in [0, 0.1) is 0 Å². The molecule has 113 heavy (non-hydrogen) atoms. The molecule has 4 aliphatic heterocycles. The van der Waals surface area contributed by atoms with Gasteiger partial charge in [0.2, 0.25) is 0 Å². The van der Waals surface area contributed by atoms with Gasteiger partial charge in [-0.3, -0.25) is 0 Å². The van der Waals surface area contributed by atoms with Crippen molar-refractivity contribution in [1.82, 2.24) is 39.9 Å². The van der Waals surface area contributed by atoms with Crippen LogP contribution in [-0.2, 0) is 9.47 Å². The van der Waals surface area contributed by atoms with Gasteiger partial charge < -0.3 is 29.4 Å². The lowest BCUT2D eigenvalue weighted by atomic mass is 10.0. The van der Waals surface area contributed by atoms with Crippen molar-refractivity contribution in [2.75, 3.05) is 0 Å². The molecule has 6 aromatic heterocycles. The molecule has 16 bridgehead atoms. The number of aromatic amines is 4. The largest absolute Gasteiger partial charge is 0.459 e. The molecule has 4 N–H and O–H groups in total. The molecule has 4 aliphatic rings. The highest BCUT2D eigenvalue weighted by Crippen LogP contribution is 2.42. The number of H-pyrrole nitrogens is 4. The normalized spacial score (nSPS) is 12.6. The smallest absolute Gasteiger partial charge is 0.338 e. The minimum absolute atomic E-state index is 0.348. The molecule has 12 heteroatoms. The molecular formula is C101H80N8O4. The summed E-state index contributed by atoms with van der Waals surface area (Å²) in [4.78, 5) is 66.1. The average molecular weight is 1470 g/mol. The molecule has 0 fully saturated rings. The Morgan fingerprint density at radius 3 is 0.619 bits per heavy atom. The summed E-state index contributed by atoms with van der Waals surface area (Å²) < 4.78 is 12.8. The van der Waals surface area contributed by atoms with Crippen LogP contribution in [0.1, 0.15) is 125 Å². The lowest BCUT2D eigenvalue weighted by Gasteiger charge is -2.21. The molecule has 0 saturated carbocycles. The third kappa shape index (κ3) is 14.4. The number of nitrogens with zero attached hydrogens (tertiary/aromatic N) is 4. The molecule has 0 radical (unpaired) electrons. The standard InChI is InChI=1S/C101H80N8O4/c1-3-24-74(112-100(110)72-44-40-70(41-45-72)98-88-60-56-84(106-88)94(66-30-15-7-16-31-66)80-52-48-76(102-80)92(64-26-11-5-12-27-64)77-49-53-81(103-77)95(67-32-17-8-18-33-67)85-57-61-89(98)107-85)38-23-39-75(25-4-2)113-101(111)73-46-42-71(43-47-73)99-90-62-58-86(108-90)96(68-34-19-9-20-35-68)82-54-50-78(104-82)93(65-28-13-6-14-29-65)79-51-55-83(105-79)97(69-36-21-10-22-37-69)87-59-63-91(99)109-87/h5-22,26-37,40-63,74-75,102,104,107,109H,3-4,23-25,38-39H2,1-2H3/t74-,75-/m1/s1. The van der Waals surface area contributed by atoms with E-state index in [2.05, 4.69) is 277 Å². The number of fused-ring (bicyclic) bond motifs is 16. The van der Waals surface area contributed by atoms with Gasteiger partial charge in [0.15, 0.2) is 0 Å². The van der Waals surface area contributed by atoms with E-state index in [0.717, 1.165) is 192 Å². The molecular weight excluding hydrogens is 1390 g/mol. The van der Waals surface area contributed by atoms with Gasteiger partial charge in [0.25, 0.3) is 0 Å². The van der Waals surface area contributed by atoms with Gasteiger partial charge in [-0.2, -0.15) is 0 Å². The topological polar surface area (TPSA) is 167 Å². The molecule has 0 unspecified atom stereocenters. The molecule has 18 rings (SSSR count). The summed E-state index contributed by atoms with van der Waals surface area (Å²) in [6.07, 6.45) is 21.0. The van der Waals surface area contributed by atoms with Crippen molar-refractivity contribution >= 4 is 105 Å². The van der Waals surface area contributed by atoms with Gasteiger partial charge in [-0.1, -0.05) is 233 Å². The fourth-order valence-electron chi connectivity index (χ4n) is 16.2. The number of benzene rings is 8. The average Bonchev–Trinajstić information content (AvgIpc) is 1.62. The van der Waals surface area contributed by atoms with E-state index < -0.39 is 11.9 Å². The summed E-state index contributed by atoms with van der Waals surface area (Å²) in [6.45, 7) is 4.21. The maximum atomic E-state index is 14.4. The van der Waals surface area contributed by atoms with Crippen LogP contribution in [-0.4, -0.2) is 64.0 Å². The maximum absolute atomic E-state index is 14.4. The van der Waals surface area contributed by atoms with E-state index in [0.29, 0.717) is 43.2 Å². The van der Waals surface area contributed by atoms with Crippen molar-refractivity contribution < 1.29 is 19.1 Å². The van der Waals surface area contributed by atoms with Crippen LogP contribution >= 0.6 is 0 Å². The molecule has 8 aromatic carbocycles. The summed E-state index contributed by atoms with van der Waals surface area (Å²) in [5, 5.41) is 0. The fraction of sp³-hybridized carbons (Fsp3) is 0.109. The molecule has 0 saturated heterocycles. The van der Waals surface area contributed by atoms with E-state index in [-0.39, 0.29) is 12.2 Å². The van der Waals surface area contributed by atoms with E-state index in [1.807, 2.05) is 84.9 Å². The number of nitrogens with one attached hydrogen (secondary N) is 4. The summed E-state index contributed by atoms with van der Waals surface area (Å²) >= 11 is 0. The summed E-state index contributed by atoms with van der Waals surface area (Å²) in [5.74, 6) is -0.786. The van der Waals surface area contributed by atoms with Crippen molar-refractivity contribution in [2.45, 2.75) is 71.0 Å². The monoisotopic (exact) mass is 1470 g/mol. The van der Waals surface area contributed by atoms with Crippen LogP contribution in [0.25, 0.3) is 182 Å². The highest BCUT2D eigenvalue weighted by atomic mass is 16.5. The first kappa shape index (κ1) is 70.6. The molecule has 0 aliphatic carbocycles. The number of aromatic nitrogens is 8. The van der Waals surface area contributed by atoms with Crippen LogP contribution < -0.4 is 0 Å². The third-order valence-electron chi connectivity index (χ3n) is 21.5. The first-order valence-electron chi connectivity index (χ1n) is 39.0. The van der Waals surface area contributed by atoms with E-state index >= 15 is 0 Å². The Hall–Kier alpha value is -14.1. The first-order chi connectivity index (χ1) is 55.7. The number of esters is 2. The van der Waals surface area contributed by atoms with Crippen molar-refractivity contribution in [2.24, 2.45) is 0 Å². The van der Waals surface area contributed by atoms with Gasteiger partial charge in [0, 0.05) is 88.6 Å². The highest BCUT2D eigenvalue weighted by molar-refractivity contribution is 6.04. The minimum atomic E-state index is -0.393. The van der Waals surface area contributed by atoms with Crippen molar-refractivity contribution in [3.63, 3.8) is 0 Å². The quantitative estimate of drug-likeness (QED) is 0.0547. The second-order valence-electron chi connectivity index (χ2n) is 28.9. The predicted molar refractivity (Wildman–Crippen MR) is 463 cm³/mol. The first-order valence-corrected chi connectivity index (χ1v) is 39.0. The summed E-state index contributed by atoms with van der Waals surface area (Å²) in [5.41, 5.74) is 30.0. The van der Waals surface area contributed by atoms with Gasteiger partial charge >= 0.3 is 11.9 Å². The fourth-order valence-corrected chi connectivity index (χ4v) is 16.2. The molecule has 548 valence electrons. The molecule has 0 spiro atoms. The van der Waals surface area contributed by atoms with Crippen molar-refractivity contribution in [1.29, 1.82) is 0 Å². The number of hydrogen-bond donors (Lipinski definition) is 4. The van der Waals surface area contributed by atoms with E-state index in [9.17, 15) is 9.59 Å².